The summed E-state index contributed by atoms with van der Waals surface area (Å²) in [5, 5.41) is 0. The molecular weight excluding hydrogens is 124 g/mol. The molecule has 3 heteroatoms. The van der Waals surface area contributed by atoms with Crippen LogP contribution in [0.5, 0.6) is 0 Å². The van der Waals surface area contributed by atoms with Crippen molar-refractivity contribution in [3.8, 4) is 0 Å². The van der Waals surface area contributed by atoms with Crippen LogP contribution in [-0.2, 0) is 0 Å². The monoisotopic (exact) mass is 131 g/mol. The third kappa shape index (κ3) is 3.85. The second-order valence-corrected chi connectivity index (χ2v) is 1.74. The largest absolute Gasteiger partial charge is 0.253 e. The lowest BCUT2D eigenvalue weighted by Gasteiger charge is -1.79. The van der Waals surface area contributed by atoms with Gasteiger partial charge < -0.3 is 0 Å². The summed E-state index contributed by atoms with van der Waals surface area (Å²) in [6.07, 6.45) is 1.65. The molecular formula is C4H7NP2. The van der Waals surface area contributed by atoms with E-state index in [-0.39, 0.29) is 0 Å². The van der Waals surface area contributed by atoms with Crippen molar-refractivity contribution in [2.24, 2.45) is 4.99 Å². The number of hydrogen-bond donors (Lipinski definition) is 0. The van der Waals surface area contributed by atoms with Crippen molar-refractivity contribution in [3.05, 3.63) is 12.7 Å². The Morgan fingerprint density at radius 2 is 2.43 bits per heavy atom. The van der Waals surface area contributed by atoms with E-state index in [1.807, 2.05) is 0 Å². The summed E-state index contributed by atoms with van der Waals surface area (Å²) in [7, 11) is 5.48. The lowest BCUT2D eigenvalue weighted by Crippen LogP contribution is -1.73. The van der Waals surface area contributed by atoms with Gasteiger partial charge in [0.15, 0.2) is 0 Å². The molecule has 7 heavy (non-hydrogen) atoms. The van der Waals surface area contributed by atoms with Crippen molar-refractivity contribution >= 4 is 29.5 Å². The summed E-state index contributed by atoms with van der Waals surface area (Å²) in [4.78, 5) is 3.79. The predicted molar refractivity (Wildman–Crippen MR) is 41.7 cm³/mol. The van der Waals surface area contributed by atoms with E-state index in [1.54, 1.807) is 6.08 Å². The number of allylic oxidation sites excluding steroid dienone is 1. The quantitative estimate of drug-likeness (QED) is 0.396. The zero-order valence-electron chi connectivity index (χ0n) is 3.89. The minimum Gasteiger partial charge on any atom is -0.253 e. The van der Waals surface area contributed by atoms with Crippen LogP contribution in [0, 0.1) is 0 Å². The van der Waals surface area contributed by atoms with Crippen LogP contribution in [0.4, 0.5) is 0 Å². The van der Waals surface area contributed by atoms with Crippen LogP contribution in [-0.4, -0.2) is 11.4 Å². The van der Waals surface area contributed by atoms with Gasteiger partial charge in [0, 0.05) is 5.92 Å². The maximum atomic E-state index is 3.79. The zero-order chi connectivity index (χ0) is 5.70. The molecule has 0 N–H and O–H groups in total. The van der Waals surface area contributed by atoms with Gasteiger partial charge in [-0.1, -0.05) is 15.8 Å². The van der Waals surface area contributed by atoms with Crippen molar-refractivity contribution in [1.29, 1.82) is 0 Å². The molecule has 1 atom stereocenters. The van der Waals surface area contributed by atoms with Crippen LogP contribution in [0.25, 0.3) is 0 Å². The Hall–Kier alpha value is 0.01000. The van der Waals surface area contributed by atoms with Crippen LogP contribution in [0.1, 0.15) is 0 Å². The Kier molecular flexibility index (Phi) is 4.18. The molecule has 0 spiro atoms. The van der Waals surface area contributed by atoms with E-state index in [0.717, 1.165) is 5.45 Å². The molecule has 0 heterocycles. The smallest absolute Gasteiger partial charge is 0.0567 e. The Labute approximate surface area is 48.0 Å². The molecule has 0 aromatic carbocycles. The van der Waals surface area contributed by atoms with Gasteiger partial charge in [-0.15, -0.1) is 8.86 Å². The Balaban J connectivity index is 3.72. The first kappa shape index (κ1) is 7.01. The summed E-state index contributed by atoms with van der Waals surface area (Å²) in [5.41, 5.74) is 0.829. The molecule has 0 aliphatic heterocycles. The first-order valence-corrected chi connectivity index (χ1v) is 2.91. The third-order valence-corrected chi connectivity index (χ3v) is 0.937. The fourth-order valence-electron chi connectivity index (χ4n) is 0.127. The van der Waals surface area contributed by atoms with Crippen molar-refractivity contribution in [1.82, 2.24) is 0 Å². The van der Waals surface area contributed by atoms with Gasteiger partial charge in [0.05, 0.1) is 5.45 Å². The van der Waals surface area contributed by atoms with Gasteiger partial charge >= 0.3 is 0 Å². The molecule has 0 amide bonds. The highest BCUT2D eigenvalue weighted by Crippen LogP contribution is 1.88. The van der Waals surface area contributed by atoms with Crippen LogP contribution in [0.15, 0.2) is 17.6 Å². The van der Waals surface area contributed by atoms with E-state index < -0.39 is 0 Å². The first-order valence-electron chi connectivity index (χ1n) is 1.76. The van der Waals surface area contributed by atoms with E-state index in [9.17, 15) is 0 Å². The maximum Gasteiger partial charge on any atom is 0.0567 e. The standard InChI is InChI=1S/C4H7NP2/c1-2-4(7)5-3-6/h2-3,6H,1,7H2. The van der Waals surface area contributed by atoms with E-state index in [2.05, 4.69) is 29.7 Å². The van der Waals surface area contributed by atoms with Gasteiger partial charge in [-0.25, -0.2) is 0 Å². The van der Waals surface area contributed by atoms with E-state index in [4.69, 9.17) is 0 Å². The minimum atomic E-state index is 0.829. The van der Waals surface area contributed by atoms with Gasteiger partial charge in [0.2, 0.25) is 0 Å². The zero-order valence-corrected chi connectivity index (χ0v) is 6.04. The predicted octanol–water partition coefficient (Wildman–Crippen LogP) is 1.35. The molecule has 38 valence electrons. The molecule has 0 fully saturated rings. The molecule has 0 aromatic heterocycles. The fraction of sp³-hybridized carbons (Fsp3) is 0. The third-order valence-electron chi connectivity index (χ3n) is 0.423. The molecule has 0 aliphatic rings. The van der Waals surface area contributed by atoms with Gasteiger partial charge in [0.1, 0.15) is 0 Å². The first-order chi connectivity index (χ1) is 3.31. The van der Waals surface area contributed by atoms with Crippen molar-refractivity contribution in [3.63, 3.8) is 0 Å². The van der Waals surface area contributed by atoms with Crippen LogP contribution < -0.4 is 0 Å². The topological polar surface area (TPSA) is 12.4 Å². The van der Waals surface area contributed by atoms with Crippen LogP contribution in [0.3, 0.4) is 0 Å². The summed E-state index contributed by atoms with van der Waals surface area (Å²) in [6.45, 7) is 3.49. The molecule has 0 saturated carbocycles. The molecule has 0 aliphatic carbocycles. The SMILES string of the molecule is C=CC(P)=NC=P. The minimum absolute atomic E-state index is 0.829. The average Bonchev–Trinajstić information content (AvgIpc) is 1.68. The lowest BCUT2D eigenvalue weighted by atomic mass is 10.7. The number of rotatable bonds is 2. The molecule has 0 bridgehead atoms. The van der Waals surface area contributed by atoms with Crippen molar-refractivity contribution in [2.45, 2.75) is 0 Å². The second-order valence-electron chi connectivity index (χ2n) is 0.887. The number of aliphatic imine (C=N–C) groups is 1. The molecule has 1 unspecified atom stereocenters. The molecule has 0 saturated heterocycles. The normalized spacial score (nSPS) is 10.7. The molecule has 0 aromatic rings. The molecule has 0 radical (unpaired) electrons. The van der Waals surface area contributed by atoms with Crippen molar-refractivity contribution in [2.75, 3.05) is 0 Å². The van der Waals surface area contributed by atoms with Gasteiger partial charge in [-0.3, -0.25) is 4.99 Å². The highest BCUT2D eigenvalue weighted by molar-refractivity contribution is 7.41. The number of hydrogen-bond acceptors (Lipinski definition) is 0. The molecule has 0 rings (SSSR count). The Bertz CT molecular complexity index is 106. The van der Waals surface area contributed by atoms with Crippen LogP contribution >= 0.6 is 18.1 Å². The second kappa shape index (κ2) is 4.18. The van der Waals surface area contributed by atoms with Crippen LogP contribution in [0.2, 0.25) is 0 Å². The fourth-order valence-corrected chi connectivity index (χ4v) is 0.500. The Morgan fingerprint density at radius 1 is 1.86 bits per heavy atom. The van der Waals surface area contributed by atoms with Crippen molar-refractivity contribution < 1.29 is 0 Å². The number of nitrogens with zero attached hydrogens (tertiary/aromatic N) is 1. The maximum absolute atomic E-state index is 3.79. The van der Waals surface area contributed by atoms with E-state index in [0.29, 0.717) is 0 Å². The molecule has 1 nitrogen and oxygen atoms in total. The van der Waals surface area contributed by atoms with E-state index in [1.165, 1.54) is 5.92 Å². The summed E-state index contributed by atoms with van der Waals surface area (Å²) < 4.78 is 0. The van der Waals surface area contributed by atoms with Gasteiger partial charge in [-0.2, -0.15) is 0 Å². The Morgan fingerprint density at radius 3 is 2.57 bits per heavy atom. The highest BCUT2D eigenvalue weighted by atomic mass is 31.0. The summed E-state index contributed by atoms with van der Waals surface area (Å²) in [5.74, 6) is 1.53. The average molecular weight is 131 g/mol. The van der Waals surface area contributed by atoms with E-state index >= 15 is 0 Å². The summed E-state index contributed by atoms with van der Waals surface area (Å²) >= 11 is 0. The van der Waals surface area contributed by atoms with Gasteiger partial charge in [-0.05, 0) is 6.08 Å². The van der Waals surface area contributed by atoms with Gasteiger partial charge in [0.25, 0.3) is 0 Å². The lowest BCUT2D eigenvalue weighted by molar-refractivity contribution is 1.87. The highest BCUT2D eigenvalue weighted by Gasteiger charge is 1.71. The summed E-state index contributed by atoms with van der Waals surface area (Å²) in [6, 6.07) is 0.